The molecule has 0 unspecified atom stereocenters. The molecule has 100 valence electrons. The van der Waals surface area contributed by atoms with Gasteiger partial charge in [-0.2, -0.15) is 4.98 Å². The van der Waals surface area contributed by atoms with Crippen LogP contribution in [-0.2, 0) is 0 Å². The molecule has 0 spiro atoms. The van der Waals surface area contributed by atoms with Gasteiger partial charge in [0.2, 0.25) is 5.88 Å². The van der Waals surface area contributed by atoms with Gasteiger partial charge in [-0.05, 0) is 19.8 Å². The van der Waals surface area contributed by atoms with Crippen LogP contribution in [0.3, 0.4) is 0 Å². The predicted molar refractivity (Wildman–Crippen MR) is 73.1 cm³/mol. The van der Waals surface area contributed by atoms with Crippen LogP contribution in [0.4, 0.5) is 5.82 Å². The Balaban J connectivity index is 2.00. The first kappa shape index (κ1) is 13.1. The van der Waals surface area contributed by atoms with Gasteiger partial charge < -0.3 is 10.1 Å². The summed E-state index contributed by atoms with van der Waals surface area (Å²) in [4.78, 5) is 8.63. The quantitative estimate of drug-likeness (QED) is 0.892. The van der Waals surface area contributed by atoms with Crippen molar-refractivity contribution in [2.24, 2.45) is 0 Å². The number of aryl methyl sites for hydroxylation is 1. The summed E-state index contributed by atoms with van der Waals surface area (Å²) in [6.07, 6.45) is 9.25. The van der Waals surface area contributed by atoms with E-state index >= 15 is 0 Å². The molecule has 4 heteroatoms. The van der Waals surface area contributed by atoms with Crippen molar-refractivity contribution in [3.05, 3.63) is 11.9 Å². The van der Waals surface area contributed by atoms with Gasteiger partial charge >= 0.3 is 0 Å². The number of hydrogen-bond donors (Lipinski definition) is 1. The lowest BCUT2D eigenvalue weighted by Gasteiger charge is -2.21. The van der Waals surface area contributed by atoms with Gasteiger partial charge in [0.1, 0.15) is 11.6 Å². The molecule has 1 aliphatic carbocycles. The number of nitrogens with one attached hydrogen (secondary N) is 1. The minimum atomic E-state index is 0.546. The average molecular weight is 249 g/mol. The zero-order valence-corrected chi connectivity index (χ0v) is 11.4. The second-order valence-corrected chi connectivity index (χ2v) is 5.03. The van der Waals surface area contributed by atoms with Crippen molar-refractivity contribution in [2.45, 2.75) is 57.9 Å². The number of anilines is 1. The highest BCUT2D eigenvalue weighted by Crippen LogP contribution is 2.21. The maximum atomic E-state index is 5.18. The van der Waals surface area contributed by atoms with Gasteiger partial charge in [0.25, 0.3) is 0 Å². The van der Waals surface area contributed by atoms with E-state index in [1.807, 2.05) is 13.0 Å². The number of hydrogen-bond acceptors (Lipinski definition) is 4. The molecular weight excluding hydrogens is 226 g/mol. The van der Waals surface area contributed by atoms with Crippen molar-refractivity contribution in [1.29, 1.82) is 0 Å². The minimum absolute atomic E-state index is 0.546. The van der Waals surface area contributed by atoms with Crippen LogP contribution >= 0.6 is 0 Å². The Morgan fingerprint density at radius 3 is 2.44 bits per heavy atom. The lowest BCUT2D eigenvalue weighted by molar-refractivity contribution is 0.395. The zero-order valence-electron chi connectivity index (χ0n) is 11.4. The van der Waals surface area contributed by atoms with E-state index in [4.69, 9.17) is 4.74 Å². The average Bonchev–Trinajstić information content (AvgIpc) is 2.31. The molecule has 0 bridgehead atoms. The van der Waals surface area contributed by atoms with Gasteiger partial charge in [-0.25, -0.2) is 4.98 Å². The third kappa shape index (κ3) is 3.86. The van der Waals surface area contributed by atoms with E-state index in [1.165, 1.54) is 44.9 Å². The lowest BCUT2D eigenvalue weighted by atomic mass is 9.97. The molecule has 0 aliphatic heterocycles. The van der Waals surface area contributed by atoms with Gasteiger partial charge in [0.15, 0.2) is 0 Å². The van der Waals surface area contributed by atoms with Gasteiger partial charge in [0.05, 0.1) is 7.11 Å². The summed E-state index contributed by atoms with van der Waals surface area (Å²) in [5, 5.41) is 3.53. The van der Waals surface area contributed by atoms with Crippen LogP contribution in [0.5, 0.6) is 5.88 Å². The van der Waals surface area contributed by atoms with Crippen molar-refractivity contribution < 1.29 is 4.74 Å². The molecule has 1 aromatic rings. The van der Waals surface area contributed by atoms with Crippen LogP contribution in [0.25, 0.3) is 0 Å². The Morgan fingerprint density at radius 2 is 1.78 bits per heavy atom. The zero-order chi connectivity index (χ0) is 12.8. The van der Waals surface area contributed by atoms with Gasteiger partial charge in [-0.3, -0.25) is 0 Å². The van der Waals surface area contributed by atoms with E-state index in [0.717, 1.165) is 11.6 Å². The normalized spacial score (nSPS) is 17.9. The van der Waals surface area contributed by atoms with Crippen molar-refractivity contribution >= 4 is 5.82 Å². The molecule has 2 rings (SSSR count). The highest BCUT2D eigenvalue weighted by Gasteiger charge is 2.12. The molecule has 1 saturated carbocycles. The Hall–Kier alpha value is -1.32. The largest absolute Gasteiger partial charge is 0.481 e. The van der Waals surface area contributed by atoms with E-state index in [2.05, 4.69) is 15.3 Å². The van der Waals surface area contributed by atoms with E-state index in [-0.39, 0.29) is 0 Å². The van der Waals surface area contributed by atoms with E-state index in [9.17, 15) is 0 Å². The first-order chi connectivity index (χ1) is 8.78. The summed E-state index contributed by atoms with van der Waals surface area (Å²) in [5.41, 5.74) is 0. The highest BCUT2D eigenvalue weighted by atomic mass is 16.5. The van der Waals surface area contributed by atoms with Gasteiger partial charge in [0, 0.05) is 12.1 Å². The molecule has 18 heavy (non-hydrogen) atoms. The highest BCUT2D eigenvalue weighted by molar-refractivity contribution is 5.39. The number of ether oxygens (including phenoxy) is 1. The maximum Gasteiger partial charge on any atom is 0.218 e. The monoisotopic (exact) mass is 249 g/mol. The summed E-state index contributed by atoms with van der Waals surface area (Å²) in [5.74, 6) is 2.28. The molecule has 0 amide bonds. The molecule has 0 saturated heterocycles. The molecule has 1 N–H and O–H groups in total. The lowest BCUT2D eigenvalue weighted by Crippen LogP contribution is -2.21. The summed E-state index contributed by atoms with van der Waals surface area (Å²) in [7, 11) is 1.64. The summed E-state index contributed by atoms with van der Waals surface area (Å²) < 4.78 is 5.18. The van der Waals surface area contributed by atoms with Gasteiger partial charge in [-0.1, -0.05) is 32.1 Å². The SMILES string of the molecule is COc1cc(NC2CCCCCCC2)nc(C)n1. The van der Waals surface area contributed by atoms with Crippen molar-refractivity contribution in [3.63, 3.8) is 0 Å². The Morgan fingerprint density at radius 1 is 1.11 bits per heavy atom. The Kier molecular flexibility index (Phi) is 4.79. The third-order valence-corrected chi connectivity index (χ3v) is 3.48. The number of rotatable bonds is 3. The van der Waals surface area contributed by atoms with Crippen LogP contribution in [0.1, 0.15) is 50.8 Å². The van der Waals surface area contributed by atoms with Crippen molar-refractivity contribution in [2.75, 3.05) is 12.4 Å². The smallest absolute Gasteiger partial charge is 0.218 e. The summed E-state index contributed by atoms with van der Waals surface area (Å²) >= 11 is 0. The van der Waals surface area contributed by atoms with E-state index < -0.39 is 0 Å². The summed E-state index contributed by atoms with van der Waals surface area (Å²) in [6, 6.07) is 2.43. The van der Waals surface area contributed by atoms with Crippen LogP contribution in [0, 0.1) is 6.92 Å². The van der Waals surface area contributed by atoms with Crippen molar-refractivity contribution in [1.82, 2.24) is 9.97 Å². The maximum absolute atomic E-state index is 5.18. The van der Waals surface area contributed by atoms with Crippen LogP contribution in [-0.4, -0.2) is 23.1 Å². The molecule has 4 nitrogen and oxygen atoms in total. The molecule has 1 heterocycles. The van der Waals surface area contributed by atoms with E-state index in [0.29, 0.717) is 11.9 Å². The first-order valence-corrected chi connectivity index (χ1v) is 6.94. The van der Waals surface area contributed by atoms with Crippen LogP contribution in [0.2, 0.25) is 0 Å². The molecule has 0 aromatic carbocycles. The fraction of sp³-hybridized carbons (Fsp3) is 0.714. The van der Waals surface area contributed by atoms with Gasteiger partial charge in [-0.15, -0.1) is 0 Å². The Labute approximate surface area is 109 Å². The number of aromatic nitrogens is 2. The fourth-order valence-corrected chi connectivity index (χ4v) is 2.53. The molecule has 1 aromatic heterocycles. The molecular formula is C14H23N3O. The predicted octanol–water partition coefficient (Wildman–Crippen LogP) is 3.32. The second kappa shape index (κ2) is 6.57. The second-order valence-electron chi connectivity index (χ2n) is 5.03. The molecule has 0 radical (unpaired) electrons. The molecule has 1 aliphatic rings. The minimum Gasteiger partial charge on any atom is -0.481 e. The standard InChI is InChI=1S/C14H23N3O/c1-11-15-13(10-14(16-11)18-2)17-12-8-6-4-3-5-7-9-12/h10,12H,3-9H2,1-2H3,(H,15,16,17). The molecule has 1 fully saturated rings. The van der Waals surface area contributed by atoms with Crippen LogP contribution in [0.15, 0.2) is 6.07 Å². The topological polar surface area (TPSA) is 47.0 Å². The summed E-state index contributed by atoms with van der Waals surface area (Å²) in [6.45, 7) is 1.89. The first-order valence-electron chi connectivity index (χ1n) is 6.94. The van der Waals surface area contributed by atoms with Crippen molar-refractivity contribution in [3.8, 4) is 5.88 Å². The fourth-order valence-electron chi connectivity index (χ4n) is 2.53. The number of methoxy groups -OCH3 is 1. The Bertz CT molecular complexity index is 373. The molecule has 0 atom stereocenters. The number of nitrogens with zero attached hydrogens (tertiary/aromatic N) is 2. The van der Waals surface area contributed by atoms with Crippen LogP contribution < -0.4 is 10.1 Å². The third-order valence-electron chi connectivity index (χ3n) is 3.48. The van der Waals surface area contributed by atoms with E-state index in [1.54, 1.807) is 7.11 Å².